The number of allylic oxidation sites excluding steroid dienone is 2. The topological polar surface area (TPSA) is 104 Å². The second kappa shape index (κ2) is 6.79. The Labute approximate surface area is 155 Å². The third kappa shape index (κ3) is 2.90. The number of aromatic nitrogens is 2. The Hall–Kier alpha value is -2.29. The van der Waals surface area contributed by atoms with Crippen molar-refractivity contribution in [2.45, 2.75) is 32.6 Å². The van der Waals surface area contributed by atoms with E-state index >= 15 is 0 Å². The zero-order valence-electron chi connectivity index (χ0n) is 14.5. The molecule has 2 heterocycles. The third-order valence-corrected chi connectivity index (χ3v) is 6.30. The summed E-state index contributed by atoms with van der Waals surface area (Å²) in [6, 6.07) is -0.499. The van der Waals surface area contributed by atoms with Crippen LogP contribution in [0.25, 0.3) is 0 Å². The van der Waals surface area contributed by atoms with Crippen molar-refractivity contribution in [2.24, 2.45) is 23.7 Å². The molecule has 4 aliphatic rings. The van der Waals surface area contributed by atoms with E-state index in [1.54, 1.807) is 0 Å². The van der Waals surface area contributed by atoms with Gasteiger partial charge in [0.1, 0.15) is 11.7 Å². The molecular formula is C17H21N5O3S. The van der Waals surface area contributed by atoms with Gasteiger partial charge in [-0.05, 0) is 31.1 Å². The fourth-order valence-corrected chi connectivity index (χ4v) is 5.04. The lowest BCUT2D eigenvalue weighted by atomic mass is 9.63. The number of fused-ring (bicyclic) bond motifs is 1. The molecule has 9 heteroatoms. The standard InChI is InChI=1S/C17H21N5O3S/c1-2-3-11-20-21-17(26-11)19-16(25)18-8-22-14(23)12-9-4-5-10(7-6-9)13(12)15(22)24/h4-5,9-10,12-13H,2-3,6-8H2,1H3,(H2,18,19,21,25)/t9-,10-,12-,13+/m0/s1. The van der Waals surface area contributed by atoms with E-state index in [1.807, 2.05) is 6.92 Å². The summed E-state index contributed by atoms with van der Waals surface area (Å²) in [5.41, 5.74) is 0. The number of imide groups is 1. The van der Waals surface area contributed by atoms with Crippen molar-refractivity contribution in [2.75, 3.05) is 12.0 Å². The number of hydrogen-bond donors (Lipinski definition) is 2. The van der Waals surface area contributed by atoms with Crippen LogP contribution in [0.5, 0.6) is 0 Å². The van der Waals surface area contributed by atoms with Gasteiger partial charge in [0, 0.05) is 6.42 Å². The number of nitrogens with one attached hydrogen (secondary N) is 2. The average molecular weight is 375 g/mol. The summed E-state index contributed by atoms with van der Waals surface area (Å²) in [6.45, 7) is 1.93. The van der Waals surface area contributed by atoms with Crippen LogP contribution >= 0.6 is 11.3 Å². The number of anilines is 1. The van der Waals surface area contributed by atoms with Gasteiger partial charge in [-0.25, -0.2) is 4.79 Å². The number of amides is 4. The maximum Gasteiger partial charge on any atom is 0.322 e. The number of aryl methyl sites for hydroxylation is 1. The van der Waals surface area contributed by atoms with Gasteiger partial charge >= 0.3 is 6.03 Å². The summed E-state index contributed by atoms with van der Waals surface area (Å²) in [4.78, 5) is 38.6. The largest absolute Gasteiger partial charge is 0.322 e. The molecule has 0 aromatic carbocycles. The minimum Gasteiger partial charge on any atom is -0.320 e. The van der Waals surface area contributed by atoms with Gasteiger partial charge < -0.3 is 5.32 Å². The van der Waals surface area contributed by atoms with E-state index in [0.717, 1.165) is 30.7 Å². The monoisotopic (exact) mass is 375 g/mol. The van der Waals surface area contributed by atoms with Gasteiger partial charge in [0.15, 0.2) is 0 Å². The van der Waals surface area contributed by atoms with Crippen LogP contribution in [0.2, 0.25) is 0 Å². The van der Waals surface area contributed by atoms with Crippen molar-refractivity contribution < 1.29 is 14.4 Å². The maximum atomic E-state index is 12.7. The van der Waals surface area contributed by atoms with Crippen LogP contribution in [0.15, 0.2) is 12.2 Å². The molecule has 0 unspecified atom stereocenters. The Bertz CT molecular complexity index is 744. The van der Waals surface area contributed by atoms with Gasteiger partial charge in [-0.3, -0.25) is 19.8 Å². The zero-order valence-corrected chi connectivity index (χ0v) is 15.3. The van der Waals surface area contributed by atoms with Crippen molar-refractivity contribution in [3.8, 4) is 0 Å². The van der Waals surface area contributed by atoms with Gasteiger partial charge in [0.2, 0.25) is 16.9 Å². The first-order chi connectivity index (χ1) is 12.6. The van der Waals surface area contributed by atoms with Crippen molar-refractivity contribution in [1.82, 2.24) is 20.4 Å². The third-order valence-electron chi connectivity index (χ3n) is 5.40. The molecule has 0 spiro atoms. The maximum absolute atomic E-state index is 12.7. The number of carbonyl (C=O) groups excluding carboxylic acids is 3. The molecule has 2 fully saturated rings. The van der Waals surface area contributed by atoms with E-state index in [-0.39, 0.29) is 42.2 Å². The SMILES string of the molecule is CCCc1nnc(NC(=O)NCN2C(=O)[C@@H]3[C@H](C2=O)[C@H]2C=C[C@H]3CC2)s1. The highest BCUT2D eigenvalue weighted by Crippen LogP contribution is 2.49. The lowest BCUT2D eigenvalue weighted by molar-refractivity contribution is -0.140. The lowest BCUT2D eigenvalue weighted by Crippen LogP contribution is -2.43. The first-order valence-electron chi connectivity index (χ1n) is 8.99. The fraction of sp³-hybridized carbons (Fsp3) is 0.588. The molecule has 4 amide bonds. The van der Waals surface area contributed by atoms with E-state index in [4.69, 9.17) is 0 Å². The first kappa shape index (κ1) is 17.1. The van der Waals surface area contributed by atoms with E-state index in [9.17, 15) is 14.4 Å². The Balaban J connectivity index is 1.35. The molecule has 138 valence electrons. The molecule has 3 aliphatic carbocycles. The van der Waals surface area contributed by atoms with Crippen LogP contribution in [-0.4, -0.2) is 39.6 Å². The van der Waals surface area contributed by atoms with Crippen molar-refractivity contribution in [3.63, 3.8) is 0 Å². The zero-order chi connectivity index (χ0) is 18.3. The number of carbonyl (C=O) groups is 3. The predicted molar refractivity (Wildman–Crippen MR) is 95.1 cm³/mol. The highest BCUT2D eigenvalue weighted by Gasteiger charge is 2.56. The van der Waals surface area contributed by atoms with Crippen LogP contribution in [0.4, 0.5) is 9.93 Å². The van der Waals surface area contributed by atoms with Crippen LogP contribution in [0.1, 0.15) is 31.2 Å². The Morgan fingerprint density at radius 3 is 2.42 bits per heavy atom. The number of hydrogen-bond acceptors (Lipinski definition) is 6. The van der Waals surface area contributed by atoms with E-state index < -0.39 is 6.03 Å². The highest BCUT2D eigenvalue weighted by molar-refractivity contribution is 7.15. The summed E-state index contributed by atoms with van der Waals surface area (Å²) in [7, 11) is 0. The molecule has 2 bridgehead atoms. The van der Waals surface area contributed by atoms with Crippen LogP contribution in [0, 0.1) is 23.7 Å². The Morgan fingerprint density at radius 1 is 1.19 bits per heavy atom. The molecular weight excluding hydrogens is 354 g/mol. The van der Waals surface area contributed by atoms with Crippen LogP contribution < -0.4 is 10.6 Å². The molecule has 26 heavy (non-hydrogen) atoms. The highest BCUT2D eigenvalue weighted by atomic mass is 32.1. The lowest BCUT2D eigenvalue weighted by Gasteiger charge is -2.38. The number of urea groups is 1. The number of likely N-dealkylation sites (tertiary alicyclic amines) is 1. The summed E-state index contributed by atoms with van der Waals surface area (Å²) < 4.78 is 0. The molecule has 1 aliphatic heterocycles. The van der Waals surface area contributed by atoms with Crippen LogP contribution in [0.3, 0.4) is 0 Å². The summed E-state index contributed by atoms with van der Waals surface area (Å²) in [6.07, 6.45) is 7.84. The molecule has 1 saturated heterocycles. The predicted octanol–water partition coefficient (Wildman–Crippen LogP) is 1.77. The molecule has 2 N–H and O–H groups in total. The van der Waals surface area contributed by atoms with Gasteiger partial charge in [-0.1, -0.05) is 30.4 Å². The minimum absolute atomic E-state index is 0.115. The van der Waals surface area contributed by atoms with Crippen molar-refractivity contribution in [3.05, 3.63) is 17.2 Å². The first-order valence-corrected chi connectivity index (χ1v) is 9.81. The van der Waals surface area contributed by atoms with Crippen LogP contribution in [-0.2, 0) is 16.0 Å². The van der Waals surface area contributed by atoms with E-state index in [0.29, 0.717) is 5.13 Å². The summed E-state index contributed by atoms with van der Waals surface area (Å²) in [5, 5.41) is 14.4. The number of rotatable bonds is 5. The van der Waals surface area contributed by atoms with Gasteiger partial charge in [-0.2, -0.15) is 0 Å². The fourth-order valence-electron chi connectivity index (χ4n) is 4.20. The second-order valence-electron chi connectivity index (χ2n) is 6.99. The normalized spacial score (nSPS) is 29.2. The average Bonchev–Trinajstić information content (AvgIpc) is 3.19. The van der Waals surface area contributed by atoms with Gasteiger partial charge in [-0.15, -0.1) is 10.2 Å². The minimum atomic E-state index is -0.499. The van der Waals surface area contributed by atoms with E-state index in [2.05, 4.69) is 33.0 Å². The Kier molecular flexibility index (Phi) is 4.47. The van der Waals surface area contributed by atoms with E-state index in [1.165, 1.54) is 16.2 Å². The number of nitrogens with zero attached hydrogens (tertiary/aromatic N) is 3. The van der Waals surface area contributed by atoms with Crippen molar-refractivity contribution >= 4 is 34.3 Å². The molecule has 1 saturated carbocycles. The smallest absolute Gasteiger partial charge is 0.320 e. The molecule has 0 radical (unpaired) electrons. The molecule has 1 aromatic heterocycles. The summed E-state index contributed by atoms with van der Waals surface area (Å²) >= 11 is 1.32. The Morgan fingerprint density at radius 2 is 1.85 bits per heavy atom. The van der Waals surface area contributed by atoms with Gasteiger partial charge in [0.25, 0.3) is 0 Å². The molecule has 8 nitrogen and oxygen atoms in total. The quantitative estimate of drug-likeness (QED) is 0.603. The molecule has 1 aromatic rings. The second-order valence-corrected chi connectivity index (χ2v) is 8.05. The molecule has 5 rings (SSSR count). The molecule has 4 atom stereocenters. The van der Waals surface area contributed by atoms with Crippen molar-refractivity contribution in [1.29, 1.82) is 0 Å². The summed E-state index contributed by atoms with van der Waals surface area (Å²) in [5.74, 6) is -0.537. The van der Waals surface area contributed by atoms with Gasteiger partial charge in [0.05, 0.1) is 11.8 Å².